The van der Waals surface area contributed by atoms with Crippen LogP contribution in [0.3, 0.4) is 0 Å². The highest BCUT2D eigenvalue weighted by Crippen LogP contribution is 2.31. The topological polar surface area (TPSA) is 66.9 Å². The second-order valence-electron chi connectivity index (χ2n) is 4.57. The van der Waals surface area contributed by atoms with Gasteiger partial charge < -0.3 is 5.32 Å². The Balaban J connectivity index is 2.10. The molecule has 1 unspecified atom stereocenters. The number of carbonyl (C=O) groups is 1. The van der Waals surface area contributed by atoms with Crippen LogP contribution in [0.15, 0.2) is 12.3 Å². The number of hydrogen-bond acceptors (Lipinski definition) is 4. The van der Waals surface area contributed by atoms with E-state index < -0.39 is 0 Å². The summed E-state index contributed by atoms with van der Waals surface area (Å²) in [5.41, 5.74) is -0.357. The Kier molecular flexibility index (Phi) is 4.14. The highest BCUT2D eigenvalue weighted by molar-refractivity contribution is 6.29. The third-order valence-corrected chi connectivity index (χ3v) is 3.69. The molecular weight excluding hydrogens is 252 g/mol. The van der Waals surface area contributed by atoms with Crippen LogP contribution >= 0.6 is 11.6 Å². The molecule has 1 aliphatic rings. The summed E-state index contributed by atoms with van der Waals surface area (Å²) >= 11 is 5.77. The van der Waals surface area contributed by atoms with E-state index in [0.29, 0.717) is 11.7 Å². The zero-order valence-electron chi connectivity index (χ0n) is 10.4. The lowest BCUT2D eigenvalue weighted by atomic mass is 9.77. The Hall–Kier alpha value is -1.20. The highest BCUT2D eigenvalue weighted by atomic mass is 35.5. The molecule has 98 valence electrons. The number of nitrogens with zero attached hydrogens (tertiary/aromatic N) is 2. The van der Waals surface area contributed by atoms with Crippen LogP contribution in [0, 0.1) is 5.41 Å². The Bertz CT molecular complexity index is 432. The van der Waals surface area contributed by atoms with Gasteiger partial charge in [0.15, 0.2) is 0 Å². The van der Waals surface area contributed by atoms with Crippen molar-refractivity contribution in [3.63, 3.8) is 0 Å². The Morgan fingerprint density at radius 2 is 2.50 bits per heavy atom. The first kappa shape index (κ1) is 13.2. The summed E-state index contributed by atoms with van der Waals surface area (Å²) in [4.78, 5) is 20.3. The van der Waals surface area contributed by atoms with Gasteiger partial charge in [0.1, 0.15) is 5.15 Å². The first-order chi connectivity index (χ1) is 8.66. The van der Waals surface area contributed by atoms with Crippen molar-refractivity contribution in [2.45, 2.75) is 26.2 Å². The van der Waals surface area contributed by atoms with Gasteiger partial charge in [0, 0.05) is 12.7 Å². The van der Waals surface area contributed by atoms with E-state index in [9.17, 15) is 4.79 Å². The molecule has 1 amide bonds. The lowest BCUT2D eigenvalue weighted by Gasteiger charge is -2.35. The smallest absolute Gasteiger partial charge is 0.234 e. The number of amides is 1. The van der Waals surface area contributed by atoms with Crippen LogP contribution in [0.4, 0.5) is 5.95 Å². The summed E-state index contributed by atoms with van der Waals surface area (Å²) in [7, 11) is 0. The molecule has 5 nitrogen and oxygen atoms in total. The monoisotopic (exact) mass is 268 g/mol. The van der Waals surface area contributed by atoms with Crippen molar-refractivity contribution in [1.82, 2.24) is 15.3 Å². The van der Waals surface area contributed by atoms with Crippen LogP contribution in [0.25, 0.3) is 0 Å². The molecule has 0 spiro atoms. The molecule has 1 saturated heterocycles. The summed E-state index contributed by atoms with van der Waals surface area (Å²) in [6.07, 6.45) is 4.23. The highest BCUT2D eigenvalue weighted by Gasteiger charge is 2.38. The maximum absolute atomic E-state index is 12.4. The van der Waals surface area contributed by atoms with Crippen LogP contribution in [0.2, 0.25) is 5.15 Å². The molecule has 1 atom stereocenters. The number of rotatable bonds is 3. The van der Waals surface area contributed by atoms with Gasteiger partial charge in [-0.1, -0.05) is 18.5 Å². The number of anilines is 1. The molecule has 1 aromatic heterocycles. The standard InChI is InChI=1S/C12H17ClN4O/c1-2-12(5-3-6-14-8-12)10(18)17-11-15-7-4-9(13)16-11/h4,7,14H,2-3,5-6,8H2,1H3,(H,15,16,17,18). The number of aromatic nitrogens is 2. The number of hydrogen-bond donors (Lipinski definition) is 2. The molecule has 1 aromatic rings. The lowest BCUT2D eigenvalue weighted by molar-refractivity contribution is -0.126. The second-order valence-corrected chi connectivity index (χ2v) is 4.96. The molecule has 1 aliphatic heterocycles. The third-order valence-electron chi connectivity index (χ3n) is 3.48. The average Bonchev–Trinajstić information content (AvgIpc) is 2.39. The van der Waals surface area contributed by atoms with Gasteiger partial charge in [-0.15, -0.1) is 0 Å². The van der Waals surface area contributed by atoms with E-state index in [2.05, 4.69) is 20.6 Å². The van der Waals surface area contributed by atoms with Crippen LogP contribution in [0.5, 0.6) is 0 Å². The summed E-state index contributed by atoms with van der Waals surface area (Å²) in [6, 6.07) is 1.58. The van der Waals surface area contributed by atoms with Crippen molar-refractivity contribution >= 4 is 23.5 Å². The number of carbonyl (C=O) groups excluding carboxylic acids is 1. The van der Waals surface area contributed by atoms with Crippen LogP contribution in [-0.4, -0.2) is 29.0 Å². The van der Waals surface area contributed by atoms with Gasteiger partial charge in [0.2, 0.25) is 11.9 Å². The fourth-order valence-electron chi connectivity index (χ4n) is 2.26. The van der Waals surface area contributed by atoms with E-state index in [4.69, 9.17) is 11.6 Å². The van der Waals surface area contributed by atoms with E-state index >= 15 is 0 Å². The SMILES string of the molecule is CCC1(C(=O)Nc2nccc(Cl)n2)CCCNC1. The zero-order chi connectivity index (χ0) is 13.0. The Morgan fingerprint density at radius 3 is 3.11 bits per heavy atom. The van der Waals surface area contributed by atoms with Crippen molar-refractivity contribution in [3.8, 4) is 0 Å². The minimum Gasteiger partial charge on any atom is -0.316 e. The molecule has 0 aliphatic carbocycles. The molecule has 1 fully saturated rings. The van der Waals surface area contributed by atoms with E-state index in [1.807, 2.05) is 6.92 Å². The Morgan fingerprint density at radius 1 is 1.67 bits per heavy atom. The Labute approximate surface area is 111 Å². The lowest BCUT2D eigenvalue weighted by Crippen LogP contribution is -2.47. The first-order valence-electron chi connectivity index (χ1n) is 6.17. The van der Waals surface area contributed by atoms with Crippen LogP contribution < -0.4 is 10.6 Å². The van der Waals surface area contributed by atoms with E-state index in [1.54, 1.807) is 6.07 Å². The molecule has 2 N–H and O–H groups in total. The summed E-state index contributed by atoms with van der Waals surface area (Å²) in [5, 5.41) is 6.36. The van der Waals surface area contributed by atoms with Crippen molar-refractivity contribution in [2.75, 3.05) is 18.4 Å². The summed E-state index contributed by atoms with van der Waals surface area (Å²) in [6.45, 7) is 3.71. The summed E-state index contributed by atoms with van der Waals surface area (Å²) in [5.74, 6) is 0.241. The van der Waals surface area contributed by atoms with Gasteiger partial charge in [0.05, 0.1) is 5.41 Å². The van der Waals surface area contributed by atoms with Gasteiger partial charge in [-0.3, -0.25) is 10.1 Å². The van der Waals surface area contributed by atoms with Crippen LogP contribution in [0.1, 0.15) is 26.2 Å². The van der Waals surface area contributed by atoms with Gasteiger partial charge >= 0.3 is 0 Å². The normalized spacial score (nSPS) is 23.7. The molecule has 0 aromatic carbocycles. The third kappa shape index (κ3) is 2.79. The molecule has 6 heteroatoms. The van der Waals surface area contributed by atoms with Crippen LogP contribution in [-0.2, 0) is 4.79 Å². The fourth-order valence-corrected chi connectivity index (χ4v) is 2.39. The minimum absolute atomic E-state index is 0.0283. The zero-order valence-corrected chi connectivity index (χ0v) is 11.1. The average molecular weight is 269 g/mol. The number of halogens is 1. The van der Waals surface area contributed by atoms with E-state index in [1.165, 1.54) is 6.20 Å². The predicted octanol–water partition coefficient (Wildman–Crippen LogP) is 1.85. The molecule has 0 radical (unpaired) electrons. The number of nitrogens with one attached hydrogen (secondary N) is 2. The molecule has 0 saturated carbocycles. The van der Waals surface area contributed by atoms with Crippen molar-refractivity contribution in [1.29, 1.82) is 0 Å². The molecule has 0 bridgehead atoms. The molecule has 2 rings (SSSR count). The van der Waals surface area contributed by atoms with Crippen molar-refractivity contribution < 1.29 is 4.79 Å². The van der Waals surface area contributed by atoms with E-state index in [-0.39, 0.29) is 17.3 Å². The summed E-state index contributed by atoms with van der Waals surface area (Å²) < 4.78 is 0. The predicted molar refractivity (Wildman–Crippen MR) is 70.5 cm³/mol. The molecule has 18 heavy (non-hydrogen) atoms. The quantitative estimate of drug-likeness (QED) is 0.821. The van der Waals surface area contributed by atoms with Crippen molar-refractivity contribution in [3.05, 3.63) is 17.4 Å². The van der Waals surface area contributed by atoms with Crippen molar-refractivity contribution in [2.24, 2.45) is 5.41 Å². The van der Waals surface area contributed by atoms with Gasteiger partial charge in [-0.05, 0) is 31.9 Å². The maximum Gasteiger partial charge on any atom is 0.234 e. The van der Waals surface area contributed by atoms with Gasteiger partial charge in [-0.2, -0.15) is 0 Å². The first-order valence-corrected chi connectivity index (χ1v) is 6.55. The van der Waals surface area contributed by atoms with Gasteiger partial charge in [0.25, 0.3) is 0 Å². The fraction of sp³-hybridized carbons (Fsp3) is 0.583. The minimum atomic E-state index is -0.357. The molecule has 2 heterocycles. The van der Waals surface area contributed by atoms with Gasteiger partial charge in [-0.25, -0.2) is 9.97 Å². The largest absolute Gasteiger partial charge is 0.316 e. The second kappa shape index (κ2) is 5.63. The number of piperidine rings is 1. The molecular formula is C12H17ClN4O. The maximum atomic E-state index is 12.4. The van der Waals surface area contributed by atoms with E-state index in [0.717, 1.165) is 25.8 Å².